The van der Waals surface area contributed by atoms with Gasteiger partial charge in [-0.25, -0.2) is 9.78 Å². The van der Waals surface area contributed by atoms with Crippen LogP contribution in [0.3, 0.4) is 0 Å². The number of alkyl halides is 1. The summed E-state index contributed by atoms with van der Waals surface area (Å²) >= 11 is 11.0. The Morgan fingerprint density at radius 1 is 0.757 bits per heavy atom. The highest BCUT2D eigenvalue weighted by Gasteiger charge is 2.55. The van der Waals surface area contributed by atoms with E-state index in [-0.39, 0.29) is 28.7 Å². The lowest BCUT2D eigenvalue weighted by Crippen LogP contribution is -2.71. The van der Waals surface area contributed by atoms with Gasteiger partial charge in [0.05, 0.1) is 5.88 Å². The Kier molecular flexibility index (Phi) is 13.6. The van der Waals surface area contributed by atoms with Crippen molar-refractivity contribution in [3.8, 4) is 0 Å². The minimum atomic E-state index is -1.37. The molecule has 2 atom stereocenters. The number of oxime groups is 1. The first kappa shape index (κ1) is 46.6. The van der Waals surface area contributed by atoms with Gasteiger partial charge in [-0.1, -0.05) is 203 Å². The Morgan fingerprint density at radius 3 is 1.71 bits per heavy atom. The molecule has 8 aromatic rings. The third-order valence-electron chi connectivity index (χ3n) is 12.0. The quantitative estimate of drug-likeness (QED) is 0.0262. The molecule has 1 saturated heterocycles. The van der Waals surface area contributed by atoms with E-state index < -0.39 is 40.3 Å². The van der Waals surface area contributed by atoms with Crippen LogP contribution in [0.25, 0.3) is 0 Å². The summed E-state index contributed by atoms with van der Waals surface area (Å²) in [6.45, 7) is 0. The number of carboxylic acid groups (broad SMARTS) is 1. The molecule has 3 N–H and O–H groups in total. The third-order valence-corrected chi connectivity index (χ3v) is 16.5. The average Bonchev–Trinajstić information content (AvgIpc) is 4.09. The minimum absolute atomic E-state index is 0.0995. The zero-order valence-electron chi connectivity index (χ0n) is 36.8. The van der Waals surface area contributed by atoms with Crippen molar-refractivity contribution in [3.63, 3.8) is 0 Å². The number of benzene rings is 6. The molecule has 12 nitrogen and oxygen atoms in total. The molecule has 0 radical (unpaired) electrons. The Labute approximate surface area is 424 Å². The fourth-order valence-corrected chi connectivity index (χ4v) is 13.2. The number of carbonyl (C=O) groups excluding carboxylic acids is 2. The summed E-state index contributed by atoms with van der Waals surface area (Å²) in [4.78, 5) is 55.8. The van der Waals surface area contributed by atoms with Gasteiger partial charge in [-0.2, -0.15) is 0 Å². The monoisotopic (exact) mass is 1020 g/mol. The Bertz CT molecular complexity index is 3010. The van der Waals surface area contributed by atoms with Crippen LogP contribution in [0.5, 0.6) is 0 Å². The second kappa shape index (κ2) is 20.5. The number of carbonyl (C=O) groups is 3. The molecule has 2 aliphatic rings. The SMILES string of the molecule is O=C(O)C1=C(Sc2snnc2CCl)CS[C@@H]2[C@H](NC(=O)/C(=N\OC(c3ccccc3)(c3ccccc3)c3ccccc3)c3csc(NC(c4ccccc4)(c4ccccc4)c4ccccc4)n3)C(=O)N12. The predicted octanol–water partition coefficient (Wildman–Crippen LogP) is 10.3. The standard InChI is InChI=1S/C53H40ClN7O5S4/c54-31-40-50(70-60-58-40)69-42-33-67-48-44(47(63)61(48)45(42)49(64)65)56-46(62)43(59-66-53(37-25-13-4-14-26-37,38-27-15-5-16-28-38)39-29-17-6-18-30-39)41-32-68-51(55-41)57-52(34-19-7-1-8-20-34,35-21-9-2-10-22-35)36-23-11-3-12-24-36/h1-30,32,44,48H,31,33H2,(H,55,57)(H,56,62)(H,64,65)/b59-43-/t44-,48-/m1/s1. The van der Waals surface area contributed by atoms with Crippen molar-refractivity contribution >= 4 is 86.6 Å². The van der Waals surface area contributed by atoms with Crippen LogP contribution < -0.4 is 10.6 Å². The molecule has 0 unspecified atom stereocenters. The van der Waals surface area contributed by atoms with E-state index in [1.807, 2.05) is 146 Å². The van der Waals surface area contributed by atoms with Crippen molar-refractivity contribution in [2.75, 3.05) is 11.1 Å². The normalized spacial score (nSPS) is 16.0. The summed E-state index contributed by atoms with van der Waals surface area (Å²) in [5, 5.41) is 27.5. The molecule has 2 aliphatic heterocycles. The molecule has 0 spiro atoms. The van der Waals surface area contributed by atoms with Crippen LogP contribution in [0.15, 0.2) is 207 Å². The highest BCUT2D eigenvalue weighted by atomic mass is 35.5. The summed E-state index contributed by atoms with van der Waals surface area (Å²) < 4.78 is 4.61. The summed E-state index contributed by atoms with van der Waals surface area (Å²) in [6, 6.07) is 58.1. The van der Waals surface area contributed by atoms with E-state index in [1.165, 1.54) is 39.8 Å². The van der Waals surface area contributed by atoms with Gasteiger partial charge in [-0.05, 0) is 28.2 Å². The molecule has 0 bridgehead atoms. The lowest BCUT2D eigenvalue weighted by molar-refractivity contribution is -0.150. The zero-order valence-corrected chi connectivity index (χ0v) is 40.8. The molecule has 70 heavy (non-hydrogen) atoms. The number of thioether (sulfide) groups is 2. The topological polar surface area (TPSA) is 159 Å². The maximum atomic E-state index is 15.1. The zero-order chi connectivity index (χ0) is 48.1. The first-order valence-electron chi connectivity index (χ1n) is 21.9. The van der Waals surface area contributed by atoms with E-state index in [1.54, 1.807) is 5.38 Å². The average molecular weight is 1020 g/mol. The van der Waals surface area contributed by atoms with Crippen molar-refractivity contribution in [2.24, 2.45) is 5.16 Å². The number of halogens is 1. The smallest absolute Gasteiger partial charge is 0.353 e. The fraction of sp³-hybridized carbons (Fsp3) is 0.113. The number of rotatable bonds is 17. The van der Waals surface area contributed by atoms with Gasteiger partial charge in [-0.15, -0.1) is 39.8 Å². The molecule has 0 aliphatic carbocycles. The first-order valence-corrected chi connectivity index (χ1v) is 26.0. The van der Waals surface area contributed by atoms with E-state index in [4.69, 9.17) is 26.6 Å². The molecule has 10 rings (SSSR count). The van der Waals surface area contributed by atoms with E-state index in [0.717, 1.165) is 44.9 Å². The number of fused-ring (bicyclic) bond motifs is 1. The van der Waals surface area contributed by atoms with Crippen LogP contribution in [-0.2, 0) is 36.2 Å². The van der Waals surface area contributed by atoms with Crippen LogP contribution in [0, 0.1) is 0 Å². The van der Waals surface area contributed by atoms with Crippen molar-refractivity contribution in [2.45, 2.75) is 32.6 Å². The second-order valence-corrected chi connectivity index (χ2v) is 20.4. The fourth-order valence-electron chi connectivity index (χ4n) is 8.73. The van der Waals surface area contributed by atoms with Crippen molar-refractivity contribution in [3.05, 3.63) is 243 Å². The molecular formula is C53H40ClN7O5S4. The van der Waals surface area contributed by atoms with Crippen LogP contribution in [0.4, 0.5) is 5.13 Å². The molecule has 0 saturated carbocycles. The molecule has 2 amide bonds. The first-order chi connectivity index (χ1) is 34.3. The van der Waals surface area contributed by atoms with Gasteiger partial charge in [0.15, 0.2) is 10.8 Å². The largest absolute Gasteiger partial charge is 0.477 e. The second-order valence-electron chi connectivity index (χ2n) is 16.0. The number of aromatic nitrogens is 3. The van der Waals surface area contributed by atoms with Crippen molar-refractivity contribution < 1.29 is 24.3 Å². The van der Waals surface area contributed by atoms with Crippen molar-refractivity contribution in [1.29, 1.82) is 0 Å². The summed E-state index contributed by atoms with van der Waals surface area (Å²) in [7, 11) is 0. The summed E-state index contributed by atoms with van der Waals surface area (Å²) in [6.07, 6.45) is 0. The van der Waals surface area contributed by atoms with Crippen LogP contribution in [0.1, 0.15) is 44.8 Å². The minimum Gasteiger partial charge on any atom is -0.477 e. The molecule has 2 aromatic heterocycles. The Hall–Kier alpha value is -7.08. The molecule has 1 fully saturated rings. The maximum absolute atomic E-state index is 15.1. The number of hydrogen-bond acceptors (Lipinski definition) is 13. The molecule has 17 heteroatoms. The number of hydrogen-bond donors (Lipinski definition) is 3. The number of nitrogens with zero attached hydrogens (tertiary/aromatic N) is 5. The lowest BCUT2D eigenvalue weighted by Gasteiger charge is -2.49. The molecular weight excluding hydrogens is 978 g/mol. The van der Waals surface area contributed by atoms with Gasteiger partial charge in [0, 0.05) is 32.7 Å². The van der Waals surface area contributed by atoms with E-state index >= 15 is 4.79 Å². The van der Waals surface area contributed by atoms with E-state index in [9.17, 15) is 14.7 Å². The number of amides is 2. The van der Waals surface area contributed by atoms with Gasteiger partial charge in [0.2, 0.25) is 5.60 Å². The van der Waals surface area contributed by atoms with Crippen LogP contribution in [0.2, 0.25) is 0 Å². The van der Waals surface area contributed by atoms with E-state index in [0.29, 0.717) is 19.9 Å². The molecule has 348 valence electrons. The highest BCUT2D eigenvalue weighted by Crippen LogP contribution is 2.47. The number of anilines is 1. The Morgan fingerprint density at radius 2 is 1.24 bits per heavy atom. The van der Waals surface area contributed by atoms with Crippen LogP contribution in [-0.4, -0.2) is 65.2 Å². The molecule has 4 heterocycles. The van der Waals surface area contributed by atoms with Gasteiger partial charge < -0.3 is 20.6 Å². The maximum Gasteiger partial charge on any atom is 0.353 e. The van der Waals surface area contributed by atoms with Gasteiger partial charge in [-0.3, -0.25) is 14.5 Å². The Balaban J connectivity index is 1.07. The highest BCUT2D eigenvalue weighted by molar-refractivity contribution is 8.07. The van der Waals surface area contributed by atoms with Gasteiger partial charge >= 0.3 is 5.97 Å². The van der Waals surface area contributed by atoms with Gasteiger partial charge in [0.25, 0.3) is 11.8 Å². The lowest BCUT2D eigenvalue weighted by atomic mass is 9.77. The van der Waals surface area contributed by atoms with E-state index in [2.05, 4.69) is 56.6 Å². The predicted molar refractivity (Wildman–Crippen MR) is 277 cm³/mol. The molecule has 6 aromatic carbocycles. The number of aliphatic carboxylic acids is 1. The number of β-lactam (4-membered cyclic amide) rings is 1. The number of carboxylic acids is 1. The summed E-state index contributed by atoms with van der Waals surface area (Å²) in [5.41, 5.74) is 3.11. The van der Waals surface area contributed by atoms with Gasteiger partial charge in [0.1, 0.15) is 38.2 Å². The third kappa shape index (κ3) is 8.77. The van der Waals surface area contributed by atoms with Crippen molar-refractivity contribution in [1.82, 2.24) is 24.8 Å². The number of nitrogens with one attached hydrogen (secondary N) is 2. The summed E-state index contributed by atoms with van der Waals surface area (Å²) in [5.74, 6) is -2.26. The number of thiazole rings is 1. The van der Waals surface area contributed by atoms with Crippen LogP contribution >= 0.6 is 58.0 Å².